The summed E-state index contributed by atoms with van der Waals surface area (Å²) in [6.07, 6.45) is 0. The van der Waals surface area contributed by atoms with Crippen LogP contribution in [0.15, 0.2) is 18.2 Å². The summed E-state index contributed by atoms with van der Waals surface area (Å²) < 4.78 is 37.2. The number of carbonyl (C=O) groups is 1. The second kappa shape index (κ2) is 5.53. The molecule has 0 radical (unpaired) electrons. The van der Waals surface area contributed by atoms with Crippen LogP contribution < -0.4 is 4.31 Å². The van der Waals surface area contributed by atoms with Crippen molar-refractivity contribution >= 4 is 33.3 Å². The van der Waals surface area contributed by atoms with E-state index >= 15 is 0 Å². The Labute approximate surface area is 109 Å². The Morgan fingerprint density at radius 3 is 2.56 bits per heavy atom. The summed E-state index contributed by atoms with van der Waals surface area (Å²) in [5.74, 6) is -2.29. The Morgan fingerprint density at radius 2 is 2.11 bits per heavy atom. The maximum Gasteiger partial charge on any atom is 0.324 e. The number of carboxylic acid groups (broad SMARTS) is 1. The monoisotopic (exact) mass is 295 g/mol. The van der Waals surface area contributed by atoms with Gasteiger partial charge in [-0.05, 0) is 25.1 Å². The zero-order chi connectivity index (χ0) is 13.9. The van der Waals surface area contributed by atoms with Crippen LogP contribution in [-0.4, -0.2) is 31.8 Å². The quantitative estimate of drug-likeness (QED) is 0.897. The van der Waals surface area contributed by atoms with Crippen molar-refractivity contribution in [3.8, 4) is 0 Å². The van der Waals surface area contributed by atoms with Crippen molar-refractivity contribution in [2.24, 2.45) is 0 Å². The van der Waals surface area contributed by atoms with E-state index in [1.165, 1.54) is 6.92 Å². The van der Waals surface area contributed by atoms with E-state index in [9.17, 15) is 17.6 Å². The smallest absolute Gasteiger partial charge is 0.324 e. The van der Waals surface area contributed by atoms with Crippen molar-refractivity contribution in [2.75, 3.05) is 16.6 Å². The molecule has 0 aliphatic carbocycles. The van der Waals surface area contributed by atoms with Gasteiger partial charge in [0.15, 0.2) is 0 Å². The summed E-state index contributed by atoms with van der Waals surface area (Å²) in [5.41, 5.74) is 0.0191. The summed E-state index contributed by atoms with van der Waals surface area (Å²) in [7, 11) is -3.77. The lowest BCUT2D eigenvalue weighted by molar-refractivity contribution is -0.135. The molecule has 0 amide bonds. The van der Waals surface area contributed by atoms with Crippen LogP contribution in [0.3, 0.4) is 0 Å². The van der Waals surface area contributed by atoms with Crippen molar-refractivity contribution in [2.45, 2.75) is 6.92 Å². The van der Waals surface area contributed by atoms with Gasteiger partial charge in [-0.3, -0.25) is 9.10 Å². The van der Waals surface area contributed by atoms with Gasteiger partial charge in [0.2, 0.25) is 10.0 Å². The van der Waals surface area contributed by atoms with Crippen LogP contribution >= 0.6 is 11.6 Å². The molecule has 0 heterocycles. The molecule has 5 nitrogen and oxygen atoms in total. The topological polar surface area (TPSA) is 74.7 Å². The molecule has 0 spiro atoms. The molecule has 0 fully saturated rings. The molecule has 8 heteroatoms. The number of halogens is 2. The van der Waals surface area contributed by atoms with Gasteiger partial charge in [-0.15, -0.1) is 0 Å². The molecule has 0 aliphatic rings. The molecule has 0 saturated heterocycles. The molecule has 0 aromatic heterocycles. The predicted octanol–water partition coefficient (Wildman–Crippen LogP) is 1.72. The standard InChI is InChI=1S/C10H11ClFNO4S/c1-2-18(16,17)13(6-10(14)15)7-3-4-9(12)8(11)5-7/h3-5H,2,6H2,1H3,(H,14,15). The van der Waals surface area contributed by atoms with Crippen molar-refractivity contribution in [1.82, 2.24) is 0 Å². The summed E-state index contributed by atoms with van der Waals surface area (Å²) in [6.45, 7) is 0.646. The van der Waals surface area contributed by atoms with Crippen LogP contribution in [0, 0.1) is 5.82 Å². The highest BCUT2D eigenvalue weighted by molar-refractivity contribution is 7.92. The minimum atomic E-state index is -3.77. The van der Waals surface area contributed by atoms with Crippen molar-refractivity contribution in [3.63, 3.8) is 0 Å². The Morgan fingerprint density at radius 1 is 1.50 bits per heavy atom. The molecule has 1 aromatic carbocycles. The molecule has 1 aromatic rings. The maximum absolute atomic E-state index is 13.0. The predicted molar refractivity (Wildman–Crippen MR) is 65.9 cm³/mol. The first kappa shape index (κ1) is 14.7. The SMILES string of the molecule is CCS(=O)(=O)N(CC(=O)O)c1ccc(F)c(Cl)c1. The van der Waals surface area contributed by atoms with Gasteiger partial charge in [0.05, 0.1) is 16.5 Å². The Balaban J connectivity index is 3.26. The van der Waals surface area contributed by atoms with Crippen LogP contribution in [0.1, 0.15) is 6.92 Å². The molecule has 1 N–H and O–H groups in total. The lowest BCUT2D eigenvalue weighted by Crippen LogP contribution is -2.36. The number of sulfonamides is 1. The third kappa shape index (κ3) is 3.33. The fraction of sp³-hybridized carbons (Fsp3) is 0.300. The Bertz CT molecular complexity index is 561. The Kier molecular flexibility index (Phi) is 4.53. The molecule has 0 unspecified atom stereocenters. The number of nitrogens with zero attached hydrogens (tertiary/aromatic N) is 1. The highest BCUT2D eigenvalue weighted by Gasteiger charge is 2.23. The molecular weight excluding hydrogens is 285 g/mol. The first-order valence-corrected chi connectivity index (χ1v) is 6.94. The van der Waals surface area contributed by atoms with E-state index < -0.39 is 28.4 Å². The molecule has 0 aliphatic heterocycles. The van der Waals surface area contributed by atoms with E-state index in [4.69, 9.17) is 16.7 Å². The number of anilines is 1. The second-order valence-electron chi connectivity index (χ2n) is 3.40. The highest BCUT2D eigenvalue weighted by Crippen LogP contribution is 2.24. The summed E-state index contributed by atoms with van der Waals surface area (Å²) >= 11 is 5.54. The minimum Gasteiger partial charge on any atom is -0.480 e. The molecule has 0 bridgehead atoms. The van der Waals surface area contributed by atoms with E-state index in [2.05, 4.69) is 0 Å². The van der Waals surface area contributed by atoms with Gasteiger partial charge >= 0.3 is 5.97 Å². The Hall–Kier alpha value is -1.34. The van der Waals surface area contributed by atoms with E-state index in [1.807, 2.05) is 0 Å². The fourth-order valence-corrected chi connectivity index (χ4v) is 2.50. The lowest BCUT2D eigenvalue weighted by Gasteiger charge is -2.22. The number of hydrogen-bond acceptors (Lipinski definition) is 3. The van der Waals surface area contributed by atoms with Gasteiger partial charge in [-0.25, -0.2) is 12.8 Å². The summed E-state index contributed by atoms with van der Waals surface area (Å²) in [5, 5.41) is 8.45. The van der Waals surface area contributed by atoms with Crippen LogP contribution in [0.25, 0.3) is 0 Å². The van der Waals surface area contributed by atoms with E-state index in [-0.39, 0.29) is 16.5 Å². The largest absolute Gasteiger partial charge is 0.480 e. The van der Waals surface area contributed by atoms with Gasteiger partial charge in [0.25, 0.3) is 0 Å². The average molecular weight is 296 g/mol. The van der Waals surface area contributed by atoms with Crippen LogP contribution in [0.4, 0.5) is 10.1 Å². The molecule has 0 atom stereocenters. The van der Waals surface area contributed by atoms with Crippen LogP contribution in [0.5, 0.6) is 0 Å². The van der Waals surface area contributed by atoms with Crippen molar-refractivity contribution < 1.29 is 22.7 Å². The zero-order valence-corrected chi connectivity index (χ0v) is 11.0. The van der Waals surface area contributed by atoms with Crippen molar-refractivity contribution in [3.05, 3.63) is 29.0 Å². The summed E-state index contributed by atoms with van der Waals surface area (Å²) in [4.78, 5) is 10.7. The average Bonchev–Trinajstić information content (AvgIpc) is 2.29. The minimum absolute atomic E-state index is 0.0191. The van der Waals surface area contributed by atoms with Gasteiger partial charge in [-0.2, -0.15) is 0 Å². The highest BCUT2D eigenvalue weighted by atomic mass is 35.5. The molecular formula is C10H11ClFNO4S. The number of hydrogen-bond donors (Lipinski definition) is 1. The maximum atomic E-state index is 13.0. The second-order valence-corrected chi connectivity index (χ2v) is 5.99. The molecule has 1 rings (SSSR count). The fourth-order valence-electron chi connectivity index (χ4n) is 1.27. The molecule has 0 saturated carbocycles. The molecule has 100 valence electrons. The van der Waals surface area contributed by atoms with Gasteiger partial charge in [-0.1, -0.05) is 11.6 Å². The number of aliphatic carboxylic acids is 1. The van der Waals surface area contributed by atoms with Gasteiger partial charge < -0.3 is 5.11 Å². The van der Waals surface area contributed by atoms with E-state index in [0.29, 0.717) is 4.31 Å². The number of benzene rings is 1. The third-order valence-corrected chi connectivity index (χ3v) is 4.20. The van der Waals surface area contributed by atoms with Crippen LogP contribution in [-0.2, 0) is 14.8 Å². The van der Waals surface area contributed by atoms with Crippen LogP contribution in [0.2, 0.25) is 5.02 Å². The molecule has 18 heavy (non-hydrogen) atoms. The van der Waals surface area contributed by atoms with Crippen molar-refractivity contribution in [1.29, 1.82) is 0 Å². The first-order chi connectivity index (χ1) is 8.27. The van der Waals surface area contributed by atoms with E-state index in [1.54, 1.807) is 0 Å². The summed E-state index contributed by atoms with van der Waals surface area (Å²) in [6, 6.07) is 3.22. The lowest BCUT2D eigenvalue weighted by atomic mass is 10.3. The number of rotatable bonds is 5. The first-order valence-electron chi connectivity index (χ1n) is 4.95. The third-order valence-electron chi connectivity index (χ3n) is 2.17. The normalized spacial score (nSPS) is 11.3. The number of carboxylic acids is 1. The van der Waals surface area contributed by atoms with Gasteiger partial charge in [0.1, 0.15) is 12.4 Å². The zero-order valence-electron chi connectivity index (χ0n) is 9.43. The van der Waals surface area contributed by atoms with Gasteiger partial charge in [0, 0.05) is 0 Å². The van der Waals surface area contributed by atoms with E-state index in [0.717, 1.165) is 18.2 Å².